The molecule has 5 heteroatoms. The SMILES string of the molecule is CCCC(OC)c1nc(COC)c(CNC(C)(C)C)s1. The van der Waals surface area contributed by atoms with Gasteiger partial charge in [0.1, 0.15) is 11.1 Å². The minimum absolute atomic E-state index is 0.0958. The van der Waals surface area contributed by atoms with Crippen LogP contribution in [0.15, 0.2) is 0 Å². The van der Waals surface area contributed by atoms with Gasteiger partial charge in [-0.2, -0.15) is 0 Å². The molecule has 116 valence electrons. The Balaban J connectivity index is 2.88. The zero-order chi connectivity index (χ0) is 15.2. The second-order valence-electron chi connectivity index (χ2n) is 5.97. The molecular weight excluding hydrogens is 272 g/mol. The lowest BCUT2D eigenvalue weighted by Crippen LogP contribution is -2.35. The number of methoxy groups -OCH3 is 2. The highest BCUT2D eigenvalue weighted by molar-refractivity contribution is 7.11. The minimum Gasteiger partial charge on any atom is -0.378 e. The molecule has 0 aliphatic carbocycles. The normalized spacial score (nSPS) is 13.7. The van der Waals surface area contributed by atoms with Crippen molar-refractivity contribution >= 4 is 11.3 Å². The first-order valence-electron chi connectivity index (χ1n) is 7.16. The summed E-state index contributed by atoms with van der Waals surface area (Å²) in [7, 11) is 3.46. The summed E-state index contributed by atoms with van der Waals surface area (Å²) in [4.78, 5) is 5.96. The Bertz CT molecular complexity index is 399. The highest BCUT2D eigenvalue weighted by atomic mass is 32.1. The number of nitrogens with zero attached hydrogens (tertiary/aromatic N) is 1. The van der Waals surface area contributed by atoms with Gasteiger partial charge >= 0.3 is 0 Å². The van der Waals surface area contributed by atoms with Crippen LogP contribution in [0.5, 0.6) is 0 Å². The Morgan fingerprint density at radius 3 is 2.50 bits per heavy atom. The Kier molecular flexibility index (Phi) is 7.09. The molecule has 0 fully saturated rings. The molecule has 0 aliphatic heterocycles. The van der Waals surface area contributed by atoms with E-state index in [2.05, 4.69) is 33.0 Å². The fourth-order valence-corrected chi connectivity index (χ4v) is 3.00. The number of aromatic nitrogens is 1. The predicted molar refractivity (Wildman–Crippen MR) is 84.1 cm³/mol. The Labute approximate surface area is 126 Å². The van der Waals surface area contributed by atoms with Gasteiger partial charge in [-0.3, -0.25) is 0 Å². The molecule has 1 aromatic rings. The Morgan fingerprint density at radius 2 is 2.00 bits per heavy atom. The van der Waals surface area contributed by atoms with Crippen molar-refractivity contribution in [3.63, 3.8) is 0 Å². The zero-order valence-electron chi connectivity index (χ0n) is 13.6. The molecular formula is C15H28N2O2S. The number of thiazole rings is 1. The summed E-state index contributed by atoms with van der Waals surface area (Å²) in [5.74, 6) is 0. The highest BCUT2D eigenvalue weighted by Crippen LogP contribution is 2.29. The van der Waals surface area contributed by atoms with E-state index in [9.17, 15) is 0 Å². The molecule has 1 aromatic heterocycles. The van der Waals surface area contributed by atoms with Crippen LogP contribution in [0.2, 0.25) is 0 Å². The van der Waals surface area contributed by atoms with Gasteiger partial charge in [-0.05, 0) is 27.2 Å². The van der Waals surface area contributed by atoms with E-state index in [0.29, 0.717) is 6.61 Å². The second-order valence-corrected chi connectivity index (χ2v) is 7.09. The van der Waals surface area contributed by atoms with Gasteiger partial charge < -0.3 is 14.8 Å². The molecule has 0 radical (unpaired) electrons. The minimum atomic E-state index is 0.0958. The lowest BCUT2D eigenvalue weighted by molar-refractivity contribution is 0.0942. The smallest absolute Gasteiger partial charge is 0.122 e. The molecule has 0 bridgehead atoms. The van der Waals surface area contributed by atoms with Crippen LogP contribution in [0.25, 0.3) is 0 Å². The maximum atomic E-state index is 5.56. The average molecular weight is 300 g/mol. The molecule has 0 aliphatic rings. The molecule has 0 saturated heterocycles. The molecule has 0 saturated carbocycles. The number of ether oxygens (including phenoxy) is 2. The molecule has 0 aromatic carbocycles. The van der Waals surface area contributed by atoms with Crippen LogP contribution in [-0.4, -0.2) is 24.7 Å². The molecule has 1 atom stereocenters. The third kappa shape index (κ3) is 5.48. The van der Waals surface area contributed by atoms with Crippen LogP contribution in [0.1, 0.15) is 62.2 Å². The number of hydrogen-bond donors (Lipinski definition) is 1. The van der Waals surface area contributed by atoms with Crippen molar-refractivity contribution in [1.29, 1.82) is 0 Å². The zero-order valence-corrected chi connectivity index (χ0v) is 14.4. The van der Waals surface area contributed by atoms with Crippen LogP contribution in [0, 0.1) is 0 Å². The molecule has 20 heavy (non-hydrogen) atoms. The van der Waals surface area contributed by atoms with Crippen molar-refractivity contribution in [3.05, 3.63) is 15.6 Å². The number of rotatable bonds is 8. The molecule has 0 amide bonds. The van der Waals surface area contributed by atoms with E-state index in [1.165, 1.54) is 4.88 Å². The van der Waals surface area contributed by atoms with Gasteiger partial charge in [0.05, 0.1) is 12.3 Å². The quantitative estimate of drug-likeness (QED) is 0.795. The van der Waals surface area contributed by atoms with Crippen molar-refractivity contribution in [2.24, 2.45) is 0 Å². The van der Waals surface area contributed by atoms with E-state index in [1.807, 2.05) is 0 Å². The molecule has 1 rings (SSSR count). The van der Waals surface area contributed by atoms with Crippen LogP contribution < -0.4 is 5.32 Å². The standard InChI is InChI=1S/C15H28N2O2S/c1-7-8-12(19-6)14-17-11(10-18-5)13(20-14)9-16-15(2,3)4/h12,16H,7-10H2,1-6H3. The third-order valence-electron chi connectivity index (χ3n) is 2.97. The van der Waals surface area contributed by atoms with E-state index in [1.54, 1.807) is 25.6 Å². The monoisotopic (exact) mass is 300 g/mol. The average Bonchev–Trinajstić information content (AvgIpc) is 2.76. The van der Waals surface area contributed by atoms with Crippen molar-refractivity contribution in [3.8, 4) is 0 Å². The molecule has 0 spiro atoms. The largest absolute Gasteiger partial charge is 0.378 e. The first kappa shape index (κ1) is 17.6. The molecule has 1 N–H and O–H groups in total. The van der Waals surface area contributed by atoms with Crippen molar-refractivity contribution < 1.29 is 9.47 Å². The van der Waals surface area contributed by atoms with Gasteiger partial charge in [0, 0.05) is 31.2 Å². The third-order valence-corrected chi connectivity index (χ3v) is 4.16. The van der Waals surface area contributed by atoms with E-state index < -0.39 is 0 Å². The number of hydrogen-bond acceptors (Lipinski definition) is 5. The van der Waals surface area contributed by atoms with Gasteiger partial charge in [0.25, 0.3) is 0 Å². The number of nitrogens with one attached hydrogen (secondary N) is 1. The Morgan fingerprint density at radius 1 is 1.30 bits per heavy atom. The van der Waals surface area contributed by atoms with E-state index in [4.69, 9.17) is 14.5 Å². The van der Waals surface area contributed by atoms with Crippen LogP contribution in [-0.2, 0) is 22.6 Å². The van der Waals surface area contributed by atoms with Crippen molar-refractivity contribution in [1.82, 2.24) is 10.3 Å². The van der Waals surface area contributed by atoms with Gasteiger partial charge in [-0.1, -0.05) is 13.3 Å². The summed E-state index contributed by atoms with van der Waals surface area (Å²) < 4.78 is 10.8. The van der Waals surface area contributed by atoms with E-state index in [-0.39, 0.29) is 11.6 Å². The maximum Gasteiger partial charge on any atom is 0.122 e. The van der Waals surface area contributed by atoms with Crippen LogP contribution in [0.3, 0.4) is 0 Å². The van der Waals surface area contributed by atoms with Crippen LogP contribution in [0.4, 0.5) is 0 Å². The van der Waals surface area contributed by atoms with E-state index >= 15 is 0 Å². The first-order chi connectivity index (χ1) is 9.41. The lowest BCUT2D eigenvalue weighted by Gasteiger charge is -2.20. The molecule has 4 nitrogen and oxygen atoms in total. The van der Waals surface area contributed by atoms with Gasteiger partial charge in [0.15, 0.2) is 0 Å². The lowest BCUT2D eigenvalue weighted by atomic mass is 10.1. The van der Waals surface area contributed by atoms with Crippen LogP contribution >= 0.6 is 11.3 Å². The summed E-state index contributed by atoms with van der Waals surface area (Å²) in [5.41, 5.74) is 1.13. The summed E-state index contributed by atoms with van der Waals surface area (Å²) in [5, 5.41) is 4.58. The van der Waals surface area contributed by atoms with Crippen molar-refractivity contribution in [2.45, 2.75) is 65.3 Å². The summed E-state index contributed by atoms with van der Waals surface area (Å²) in [6.07, 6.45) is 2.19. The summed E-state index contributed by atoms with van der Waals surface area (Å²) >= 11 is 1.73. The predicted octanol–water partition coefficient (Wildman–Crippen LogP) is 3.67. The van der Waals surface area contributed by atoms with Gasteiger partial charge in [-0.25, -0.2) is 4.98 Å². The van der Waals surface area contributed by atoms with Gasteiger partial charge in [0.2, 0.25) is 0 Å². The summed E-state index contributed by atoms with van der Waals surface area (Å²) in [6.45, 7) is 10.0. The van der Waals surface area contributed by atoms with E-state index in [0.717, 1.165) is 30.1 Å². The summed E-state index contributed by atoms with van der Waals surface area (Å²) in [6, 6.07) is 0. The first-order valence-corrected chi connectivity index (χ1v) is 7.98. The fraction of sp³-hybridized carbons (Fsp3) is 0.800. The highest BCUT2D eigenvalue weighted by Gasteiger charge is 2.19. The molecule has 1 heterocycles. The topological polar surface area (TPSA) is 43.4 Å². The maximum absolute atomic E-state index is 5.56. The Hall–Kier alpha value is -0.490. The molecule has 1 unspecified atom stereocenters. The second kappa shape index (κ2) is 8.08. The van der Waals surface area contributed by atoms with Crippen molar-refractivity contribution in [2.75, 3.05) is 14.2 Å². The fourth-order valence-electron chi connectivity index (χ4n) is 1.88. The van der Waals surface area contributed by atoms with Gasteiger partial charge in [-0.15, -0.1) is 11.3 Å².